The maximum Gasteiger partial charge on any atom is 0.329 e. The van der Waals surface area contributed by atoms with Gasteiger partial charge in [-0.3, -0.25) is 14.4 Å². The van der Waals surface area contributed by atoms with Crippen molar-refractivity contribution in [2.24, 2.45) is 11.0 Å². The van der Waals surface area contributed by atoms with E-state index >= 15 is 0 Å². The molecular weight excluding hydrogens is 326 g/mol. The second-order valence-electron chi connectivity index (χ2n) is 5.94. The molecule has 2 heterocycles. The maximum absolute atomic E-state index is 11.9. The van der Waals surface area contributed by atoms with E-state index in [9.17, 15) is 19.2 Å². The minimum Gasteiger partial charge on any atom is -0.328 e. The Morgan fingerprint density at radius 2 is 2.08 bits per heavy atom. The van der Waals surface area contributed by atoms with Crippen LogP contribution in [0.4, 0.5) is 16.2 Å². The number of hydrazone groups is 1. The number of benzene rings is 1. The minimum absolute atomic E-state index is 0.0637. The van der Waals surface area contributed by atoms with Crippen LogP contribution in [0.3, 0.4) is 0 Å². The summed E-state index contributed by atoms with van der Waals surface area (Å²) >= 11 is 0. The Labute approximate surface area is 143 Å². The van der Waals surface area contributed by atoms with Gasteiger partial charge in [-0.25, -0.2) is 15.1 Å². The molecule has 130 valence electrons. The molecule has 1 saturated heterocycles. The summed E-state index contributed by atoms with van der Waals surface area (Å²) in [6.07, 6.45) is 0.285. The lowest BCUT2D eigenvalue weighted by molar-refractivity contribution is -0.122. The van der Waals surface area contributed by atoms with Crippen LogP contribution in [-0.2, 0) is 14.4 Å². The number of carbonyl (C=O) groups is 4. The van der Waals surface area contributed by atoms with E-state index in [-0.39, 0.29) is 36.6 Å². The van der Waals surface area contributed by atoms with Gasteiger partial charge >= 0.3 is 6.03 Å². The van der Waals surface area contributed by atoms with Crippen molar-refractivity contribution < 1.29 is 19.2 Å². The lowest BCUT2D eigenvalue weighted by atomic mass is 9.92. The SMILES string of the molecule is CC(=O)Nc1cc(N2C(=O)CNC2=O)ccc1C1=NNC(=O)CC1C. The second kappa shape index (κ2) is 6.34. The topological polar surface area (TPSA) is 120 Å². The zero-order valence-electron chi connectivity index (χ0n) is 13.8. The number of rotatable bonds is 3. The highest BCUT2D eigenvalue weighted by Crippen LogP contribution is 2.29. The number of imide groups is 1. The van der Waals surface area contributed by atoms with E-state index in [0.717, 1.165) is 4.90 Å². The molecule has 0 saturated carbocycles. The fourth-order valence-corrected chi connectivity index (χ4v) is 2.85. The molecule has 2 aliphatic heterocycles. The molecule has 0 aliphatic carbocycles. The van der Waals surface area contributed by atoms with Crippen LogP contribution in [0.1, 0.15) is 25.8 Å². The van der Waals surface area contributed by atoms with Gasteiger partial charge in [-0.15, -0.1) is 0 Å². The summed E-state index contributed by atoms with van der Waals surface area (Å²) in [6.45, 7) is 3.16. The first-order valence-electron chi connectivity index (χ1n) is 7.76. The summed E-state index contributed by atoms with van der Waals surface area (Å²) < 4.78 is 0. The van der Waals surface area contributed by atoms with Crippen molar-refractivity contribution in [3.05, 3.63) is 23.8 Å². The third-order valence-electron chi connectivity index (χ3n) is 3.95. The van der Waals surface area contributed by atoms with Gasteiger partial charge in [0.15, 0.2) is 0 Å². The number of urea groups is 1. The van der Waals surface area contributed by atoms with Gasteiger partial charge in [0.1, 0.15) is 0 Å². The Bertz CT molecular complexity index is 801. The van der Waals surface area contributed by atoms with E-state index in [0.29, 0.717) is 22.6 Å². The fraction of sp³-hybridized carbons (Fsp3) is 0.312. The summed E-state index contributed by atoms with van der Waals surface area (Å²) in [5, 5.41) is 9.23. The molecule has 0 radical (unpaired) electrons. The number of carbonyl (C=O) groups excluding carboxylic acids is 4. The van der Waals surface area contributed by atoms with E-state index in [1.54, 1.807) is 18.2 Å². The molecule has 0 bridgehead atoms. The molecule has 3 N–H and O–H groups in total. The Morgan fingerprint density at radius 3 is 2.68 bits per heavy atom. The van der Waals surface area contributed by atoms with E-state index in [1.807, 2.05) is 6.92 Å². The van der Waals surface area contributed by atoms with Crippen LogP contribution in [0.15, 0.2) is 23.3 Å². The molecule has 9 nitrogen and oxygen atoms in total. The minimum atomic E-state index is -0.512. The second-order valence-corrected chi connectivity index (χ2v) is 5.94. The molecule has 25 heavy (non-hydrogen) atoms. The van der Waals surface area contributed by atoms with Gasteiger partial charge in [-0.2, -0.15) is 5.10 Å². The van der Waals surface area contributed by atoms with Crippen LogP contribution in [0, 0.1) is 5.92 Å². The molecule has 3 rings (SSSR count). The van der Waals surface area contributed by atoms with E-state index < -0.39 is 6.03 Å². The van der Waals surface area contributed by atoms with Gasteiger partial charge in [0.25, 0.3) is 5.91 Å². The highest BCUT2D eigenvalue weighted by molar-refractivity contribution is 6.20. The van der Waals surface area contributed by atoms with Gasteiger partial charge in [0, 0.05) is 24.8 Å². The van der Waals surface area contributed by atoms with Crippen LogP contribution >= 0.6 is 0 Å². The van der Waals surface area contributed by atoms with Crippen molar-refractivity contribution in [2.45, 2.75) is 20.3 Å². The van der Waals surface area contributed by atoms with E-state index in [4.69, 9.17) is 0 Å². The molecule has 0 aromatic heterocycles. The summed E-state index contributed by atoms with van der Waals surface area (Å²) in [6, 6.07) is 4.31. The number of amides is 5. The Kier molecular flexibility index (Phi) is 4.22. The quantitative estimate of drug-likeness (QED) is 0.695. The van der Waals surface area contributed by atoms with Crippen molar-refractivity contribution in [1.29, 1.82) is 0 Å². The number of nitrogens with zero attached hydrogens (tertiary/aromatic N) is 2. The lowest BCUT2D eigenvalue weighted by Gasteiger charge is -2.22. The molecule has 1 atom stereocenters. The number of anilines is 2. The van der Waals surface area contributed by atoms with Crippen molar-refractivity contribution in [3.8, 4) is 0 Å². The number of nitrogens with one attached hydrogen (secondary N) is 3. The zero-order valence-corrected chi connectivity index (χ0v) is 13.8. The summed E-state index contributed by atoms with van der Waals surface area (Å²) in [5.74, 6) is -0.983. The zero-order chi connectivity index (χ0) is 18.1. The van der Waals surface area contributed by atoms with Crippen LogP contribution in [0.25, 0.3) is 0 Å². The summed E-state index contributed by atoms with van der Waals surface area (Å²) in [7, 11) is 0. The monoisotopic (exact) mass is 343 g/mol. The van der Waals surface area contributed by atoms with Gasteiger partial charge in [0.05, 0.1) is 23.6 Å². The van der Waals surface area contributed by atoms with Crippen LogP contribution in [0.2, 0.25) is 0 Å². The molecule has 9 heteroatoms. The molecule has 2 aliphatic rings. The van der Waals surface area contributed by atoms with E-state index in [1.165, 1.54) is 6.92 Å². The normalized spacial score (nSPS) is 20.1. The Balaban J connectivity index is 2.04. The third kappa shape index (κ3) is 3.21. The largest absolute Gasteiger partial charge is 0.329 e. The van der Waals surface area contributed by atoms with Gasteiger partial charge in [0.2, 0.25) is 11.8 Å². The van der Waals surface area contributed by atoms with Crippen molar-refractivity contribution in [1.82, 2.24) is 10.7 Å². The van der Waals surface area contributed by atoms with Crippen LogP contribution in [0.5, 0.6) is 0 Å². The first-order valence-corrected chi connectivity index (χ1v) is 7.76. The highest BCUT2D eigenvalue weighted by atomic mass is 16.2. The first kappa shape index (κ1) is 16.6. The van der Waals surface area contributed by atoms with Gasteiger partial charge < -0.3 is 10.6 Å². The fourth-order valence-electron chi connectivity index (χ4n) is 2.85. The smallest absolute Gasteiger partial charge is 0.328 e. The average Bonchev–Trinajstić information content (AvgIpc) is 2.86. The molecule has 1 aromatic rings. The molecule has 5 amide bonds. The highest BCUT2D eigenvalue weighted by Gasteiger charge is 2.31. The first-order chi connectivity index (χ1) is 11.9. The standard InChI is InChI=1S/C16H17N5O4/c1-8-5-13(23)19-20-15(8)11-4-3-10(6-12(11)18-9(2)22)21-14(24)7-17-16(21)25/h3-4,6,8H,5,7H2,1-2H3,(H,17,25)(H,18,22)(H,19,23). The average molecular weight is 343 g/mol. The van der Waals surface area contributed by atoms with E-state index in [2.05, 4.69) is 21.2 Å². The van der Waals surface area contributed by atoms with Crippen molar-refractivity contribution in [3.63, 3.8) is 0 Å². The number of hydrogen-bond acceptors (Lipinski definition) is 5. The van der Waals surface area contributed by atoms with Crippen molar-refractivity contribution >= 4 is 40.8 Å². The van der Waals surface area contributed by atoms with Crippen LogP contribution < -0.4 is 21.0 Å². The molecule has 1 fully saturated rings. The predicted octanol–water partition coefficient (Wildman–Crippen LogP) is 0.561. The third-order valence-corrected chi connectivity index (χ3v) is 3.95. The molecule has 1 unspecified atom stereocenters. The predicted molar refractivity (Wildman–Crippen MR) is 90.1 cm³/mol. The summed E-state index contributed by atoms with van der Waals surface area (Å²) in [5.41, 5.74) is 4.44. The molecule has 0 spiro atoms. The Hall–Kier alpha value is -3.23. The molecular formula is C16H17N5O4. The molecule has 1 aromatic carbocycles. The lowest BCUT2D eigenvalue weighted by Crippen LogP contribution is -2.33. The van der Waals surface area contributed by atoms with Crippen molar-refractivity contribution in [2.75, 3.05) is 16.8 Å². The maximum atomic E-state index is 11.9. The summed E-state index contributed by atoms with van der Waals surface area (Å²) in [4.78, 5) is 47.7. The Morgan fingerprint density at radius 1 is 1.32 bits per heavy atom. The van der Waals surface area contributed by atoms with Crippen LogP contribution in [-0.4, -0.2) is 36.0 Å². The number of hydrogen-bond donors (Lipinski definition) is 3. The van der Waals surface area contributed by atoms with Gasteiger partial charge in [-0.05, 0) is 18.2 Å². The van der Waals surface area contributed by atoms with Gasteiger partial charge in [-0.1, -0.05) is 6.92 Å².